The van der Waals surface area contributed by atoms with Crippen molar-refractivity contribution in [3.05, 3.63) is 83.0 Å². The Morgan fingerprint density at radius 1 is 0.577 bits per heavy atom. The molecule has 0 radical (unpaired) electrons. The minimum absolute atomic E-state index is 0. The van der Waals surface area contributed by atoms with Gasteiger partial charge in [-0.15, -0.1) is 0 Å². The SMILES string of the molecule is CCCCOC(=O)C[N+]1(C/C=C(\C)Cc2ccc(-c3ccc(C/C(C)=C/C[N+]4(CC(=O)OCCCC)CCCCC4)cc3)cc2)CCCCC1.[Cl-].[Cl-]. The lowest BCUT2D eigenvalue weighted by atomic mass is 9.98. The van der Waals surface area contributed by atoms with Crippen molar-refractivity contribution in [2.45, 2.75) is 105 Å². The second-order valence-electron chi connectivity index (χ2n) is 15.4. The summed E-state index contributed by atoms with van der Waals surface area (Å²) in [6.45, 7) is 16.8. The molecule has 0 saturated carbocycles. The van der Waals surface area contributed by atoms with Crippen LogP contribution in [0.15, 0.2) is 71.8 Å². The Kier molecular flexibility index (Phi) is 20.9. The summed E-state index contributed by atoms with van der Waals surface area (Å²) in [5, 5.41) is 0. The van der Waals surface area contributed by atoms with Crippen LogP contribution in [0.3, 0.4) is 0 Å². The van der Waals surface area contributed by atoms with Crippen LogP contribution in [0, 0.1) is 0 Å². The second kappa shape index (κ2) is 23.9. The predicted octanol–water partition coefficient (Wildman–Crippen LogP) is 3.03. The van der Waals surface area contributed by atoms with Gasteiger partial charge in [-0.3, -0.25) is 0 Å². The number of halogens is 2. The lowest BCUT2D eigenvalue weighted by Gasteiger charge is -2.40. The number of allylic oxidation sites excluding steroid dienone is 2. The Labute approximate surface area is 328 Å². The van der Waals surface area contributed by atoms with Gasteiger partial charge in [0, 0.05) is 0 Å². The van der Waals surface area contributed by atoms with Crippen LogP contribution < -0.4 is 24.8 Å². The number of benzene rings is 2. The number of hydrogen-bond acceptors (Lipinski definition) is 4. The molecule has 0 bridgehead atoms. The van der Waals surface area contributed by atoms with E-state index < -0.39 is 0 Å². The number of unbranched alkanes of at least 4 members (excludes halogenated alkanes) is 2. The highest BCUT2D eigenvalue weighted by molar-refractivity contribution is 5.71. The quantitative estimate of drug-likeness (QED) is 0.0959. The molecule has 2 aliphatic rings. The lowest BCUT2D eigenvalue weighted by molar-refractivity contribution is -0.920. The minimum atomic E-state index is -0.0398. The topological polar surface area (TPSA) is 52.6 Å². The maximum Gasteiger partial charge on any atom is 0.361 e. The molecule has 2 aromatic rings. The van der Waals surface area contributed by atoms with Crippen molar-refractivity contribution in [2.75, 3.05) is 65.6 Å². The van der Waals surface area contributed by atoms with Gasteiger partial charge in [-0.2, -0.15) is 0 Å². The van der Waals surface area contributed by atoms with E-state index in [2.05, 4.69) is 88.4 Å². The zero-order valence-electron chi connectivity index (χ0n) is 32.6. The predicted molar refractivity (Wildman–Crippen MR) is 206 cm³/mol. The Balaban J connectivity index is 0.00000468. The molecule has 52 heavy (non-hydrogen) atoms. The van der Waals surface area contributed by atoms with Gasteiger partial charge in [-0.1, -0.05) is 86.4 Å². The van der Waals surface area contributed by atoms with Gasteiger partial charge < -0.3 is 43.3 Å². The molecule has 2 heterocycles. The Hall–Kier alpha value is -2.64. The number of likely N-dealkylation sites (tertiary alicyclic amines) is 2. The fourth-order valence-corrected chi connectivity index (χ4v) is 7.59. The highest BCUT2D eigenvalue weighted by Crippen LogP contribution is 2.25. The van der Waals surface area contributed by atoms with E-state index in [0.717, 1.165) is 86.8 Å². The van der Waals surface area contributed by atoms with Crippen LogP contribution in [-0.4, -0.2) is 86.5 Å². The van der Waals surface area contributed by atoms with Gasteiger partial charge in [0.15, 0.2) is 13.1 Å². The number of hydrogen-bond donors (Lipinski definition) is 0. The summed E-state index contributed by atoms with van der Waals surface area (Å²) in [5.41, 5.74) is 7.80. The summed E-state index contributed by atoms with van der Waals surface area (Å²) >= 11 is 0. The third-order valence-corrected chi connectivity index (χ3v) is 10.8. The van der Waals surface area contributed by atoms with E-state index in [4.69, 9.17) is 9.47 Å². The lowest BCUT2D eigenvalue weighted by Crippen LogP contribution is -3.00. The molecule has 0 unspecified atom stereocenters. The van der Waals surface area contributed by atoms with E-state index in [1.54, 1.807) is 0 Å². The number of carbonyl (C=O) groups is 2. The molecule has 2 aromatic carbocycles. The average molecular weight is 758 g/mol. The molecular weight excluding hydrogens is 691 g/mol. The van der Waals surface area contributed by atoms with Crippen molar-refractivity contribution in [2.24, 2.45) is 0 Å². The first-order valence-electron chi connectivity index (χ1n) is 19.7. The third kappa shape index (κ3) is 15.4. The number of quaternary nitrogens is 2. The molecule has 0 atom stereocenters. The van der Waals surface area contributed by atoms with Gasteiger partial charge in [0.2, 0.25) is 0 Å². The molecule has 2 saturated heterocycles. The van der Waals surface area contributed by atoms with Crippen LogP contribution in [-0.2, 0) is 31.9 Å². The van der Waals surface area contributed by atoms with Crippen LogP contribution in [0.1, 0.15) is 103 Å². The molecular formula is C44H66Cl2N2O4. The molecule has 6 nitrogen and oxygen atoms in total. The molecule has 4 rings (SSSR count). The van der Waals surface area contributed by atoms with Crippen LogP contribution in [0.5, 0.6) is 0 Å². The summed E-state index contributed by atoms with van der Waals surface area (Å²) in [6, 6.07) is 18.0. The monoisotopic (exact) mass is 756 g/mol. The third-order valence-electron chi connectivity index (χ3n) is 10.8. The Morgan fingerprint density at radius 2 is 0.923 bits per heavy atom. The molecule has 0 aromatic heterocycles. The highest BCUT2D eigenvalue weighted by atomic mass is 35.5. The van der Waals surface area contributed by atoms with Crippen molar-refractivity contribution in [1.29, 1.82) is 0 Å². The van der Waals surface area contributed by atoms with Gasteiger partial charge in [-0.25, -0.2) is 9.59 Å². The van der Waals surface area contributed by atoms with Gasteiger partial charge in [0.1, 0.15) is 0 Å². The summed E-state index contributed by atoms with van der Waals surface area (Å²) in [5.74, 6) is -0.0797. The molecule has 2 aliphatic heterocycles. The zero-order valence-corrected chi connectivity index (χ0v) is 34.1. The van der Waals surface area contributed by atoms with Crippen molar-refractivity contribution >= 4 is 11.9 Å². The van der Waals surface area contributed by atoms with Gasteiger partial charge in [-0.05, 0) is 112 Å². The number of rotatable bonds is 19. The second-order valence-corrected chi connectivity index (χ2v) is 15.4. The van der Waals surface area contributed by atoms with Crippen LogP contribution in [0.2, 0.25) is 0 Å². The largest absolute Gasteiger partial charge is 1.00 e. The number of carbonyl (C=O) groups excluding carboxylic acids is 2. The number of esters is 2. The van der Waals surface area contributed by atoms with Crippen molar-refractivity contribution in [3.63, 3.8) is 0 Å². The standard InChI is InChI=1S/C44H66N2O4.2ClH/c1-5-7-31-49-43(47)35-45(25-11-9-12-26-45)29-23-37(3)33-39-15-19-41(20-16-39)42-21-17-40(18-22-42)34-38(4)24-30-46(27-13-10-14-28-46)36-44(48)50-32-8-6-2;;/h15-24H,5-14,25-36H2,1-4H3;2*1H/q+2;;/p-2/b37-23+,38-24+;;. The van der Waals surface area contributed by atoms with Crippen molar-refractivity contribution in [1.82, 2.24) is 0 Å². The molecule has 0 aliphatic carbocycles. The minimum Gasteiger partial charge on any atom is -1.00 e. The smallest absolute Gasteiger partial charge is 0.361 e. The Morgan fingerprint density at radius 3 is 1.25 bits per heavy atom. The maximum atomic E-state index is 12.6. The first-order valence-corrected chi connectivity index (χ1v) is 19.7. The summed E-state index contributed by atoms with van der Waals surface area (Å²) in [7, 11) is 0. The van der Waals surface area contributed by atoms with E-state index in [9.17, 15) is 9.59 Å². The fourth-order valence-electron chi connectivity index (χ4n) is 7.59. The molecule has 8 heteroatoms. The molecule has 0 N–H and O–H groups in total. The Bertz CT molecular complexity index is 1280. The van der Waals surface area contributed by atoms with E-state index in [0.29, 0.717) is 26.3 Å². The van der Waals surface area contributed by atoms with Crippen LogP contribution >= 0.6 is 0 Å². The zero-order chi connectivity index (χ0) is 35.7. The molecule has 0 amide bonds. The van der Waals surface area contributed by atoms with Gasteiger partial charge in [0.05, 0.1) is 52.5 Å². The first kappa shape index (κ1) is 45.5. The van der Waals surface area contributed by atoms with E-state index >= 15 is 0 Å². The van der Waals surface area contributed by atoms with Gasteiger partial charge >= 0.3 is 11.9 Å². The van der Waals surface area contributed by atoms with Crippen molar-refractivity contribution < 1.29 is 52.8 Å². The number of piperidine rings is 2. The fraction of sp³-hybridized carbons (Fsp3) is 0.591. The summed E-state index contributed by atoms with van der Waals surface area (Å²) in [4.78, 5) is 25.2. The summed E-state index contributed by atoms with van der Waals surface area (Å²) < 4.78 is 12.8. The van der Waals surface area contributed by atoms with E-state index in [-0.39, 0.29) is 36.8 Å². The van der Waals surface area contributed by atoms with Crippen LogP contribution in [0.25, 0.3) is 11.1 Å². The summed E-state index contributed by atoms with van der Waals surface area (Å²) in [6.07, 6.45) is 17.8. The van der Waals surface area contributed by atoms with Crippen LogP contribution in [0.4, 0.5) is 0 Å². The molecule has 290 valence electrons. The highest BCUT2D eigenvalue weighted by Gasteiger charge is 2.33. The maximum absolute atomic E-state index is 12.6. The molecule has 2 fully saturated rings. The average Bonchev–Trinajstić information content (AvgIpc) is 3.12. The first-order chi connectivity index (χ1) is 24.2. The molecule has 0 spiro atoms. The van der Waals surface area contributed by atoms with Gasteiger partial charge in [0.25, 0.3) is 0 Å². The van der Waals surface area contributed by atoms with Crippen molar-refractivity contribution in [3.8, 4) is 11.1 Å². The number of nitrogens with zero attached hydrogens (tertiary/aromatic N) is 2. The van der Waals surface area contributed by atoms with E-state index in [1.807, 2.05) is 0 Å². The normalized spacial score (nSPS) is 17.0. The van der Waals surface area contributed by atoms with E-state index in [1.165, 1.54) is 71.9 Å². The number of ether oxygens (including phenoxy) is 2.